The number of benzene rings is 3. The topological polar surface area (TPSA) is 89.3 Å². The Kier molecular flexibility index (Phi) is 7.42. The lowest BCUT2D eigenvalue weighted by Gasteiger charge is -2.16. The molecule has 3 aromatic carbocycles. The molecule has 0 aliphatic carbocycles. The highest BCUT2D eigenvalue weighted by Gasteiger charge is 2.20. The van der Waals surface area contributed by atoms with Gasteiger partial charge < -0.3 is 5.09 Å². The van der Waals surface area contributed by atoms with Gasteiger partial charge in [-0.3, -0.25) is 4.57 Å². The molecule has 31 heavy (non-hydrogen) atoms. The summed E-state index contributed by atoms with van der Waals surface area (Å²) < 4.78 is 36.8. The molecular weight excluding hydrogens is 474 g/mol. The highest BCUT2D eigenvalue weighted by atomic mass is 35.5. The van der Waals surface area contributed by atoms with Gasteiger partial charge in [0.05, 0.1) is 15.0 Å². The van der Waals surface area contributed by atoms with Crippen LogP contribution in [0.15, 0.2) is 101 Å². The van der Waals surface area contributed by atoms with E-state index >= 15 is 0 Å². The van der Waals surface area contributed by atoms with Crippen LogP contribution in [0.2, 0.25) is 0 Å². The van der Waals surface area contributed by atoms with Crippen LogP contribution < -0.4 is 10.2 Å². The summed E-state index contributed by atoms with van der Waals surface area (Å²) in [6.07, 6.45) is 0. The van der Waals surface area contributed by atoms with Crippen molar-refractivity contribution in [3.63, 3.8) is 0 Å². The first-order valence-corrected chi connectivity index (χ1v) is 13.2. The molecule has 0 aromatic heterocycles. The zero-order valence-corrected chi connectivity index (χ0v) is 19.4. The van der Waals surface area contributed by atoms with Crippen LogP contribution in [0.1, 0.15) is 11.1 Å². The maximum absolute atomic E-state index is 13.9. The molecule has 0 aliphatic rings. The number of primary sulfonamides is 1. The number of nitrogens with one attached hydrogen (secondary N) is 1. The largest absolute Gasteiger partial charge is 0.330 e. The Bertz CT molecular complexity index is 1200. The molecule has 0 amide bonds. The number of rotatable bonds is 7. The highest BCUT2D eigenvalue weighted by molar-refractivity contribution is 7.89. The molecule has 0 unspecified atom stereocenters. The van der Waals surface area contributed by atoms with Crippen LogP contribution in [0.3, 0.4) is 0 Å². The second kappa shape index (κ2) is 9.86. The normalized spacial score (nSPS) is 13.1. The van der Waals surface area contributed by atoms with E-state index in [0.29, 0.717) is 16.8 Å². The van der Waals surface area contributed by atoms with Gasteiger partial charge >= 0.3 is 0 Å². The number of anilines is 1. The predicted molar refractivity (Wildman–Crippen MR) is 130 cm³/mol. The Hall–Kier alpha value is -2.34. The molecule has 3 rings (SSSR count). The van der Waals surface area contributed by atoms with Gasteiger partial charge in [0.2, 0.25) is 17.3 Å². The molecule has 0 saturated heterocycles. The van der Waals surface area contributed by atoms with Gasteiger partial charge in [-0.05, 0) is 35.4 Å². The minimum atomic E-state index is -3.84. The van der Waals surface area contributed by atoms with Crippen LogP contribution in [-0.2, 0) is 14.6 Å². The molecule has 0 fully saturated rings. The molecule has 9 heteroatoms. The van der Waals surface area contributed by atoms with E-state index < -0.39 is 17.3 Å². The van der Waals surface area contributed by atoms with E-state index in [2.05, 4.69) is 5.09 Å². The van der Waals surface area contributed by atoms with Crippen molar-refractivity contribution < 1.29 is 13.0 Å². The van der Waals surface area contributed by atoms with Crippen molar-refractivity contribution in [1.82, 2.24) is 0 Å². The lowest BCUT2D eigenvalue weighted by Crippen LogP contribution is -2.11. The fourth-order valence-electron chi connectivity index (χ4n) is 2.70. The standard InChI is InChI=1S/C22H19Cl2N2O3PS/c23-21(17-7-3-1-4-8-17)15-30(27,16-22(24)18-9-5-2-6-10-18)26-19-11-13-20(14-12-19)31(25,28)29/h1-16H,(H,26,27)(H2,25,28,29)/b21-15+,22-16+. The van der Waals surface area contributed by atoms with Crippen LogP contribution in [0.4, 0.5) is 5.69 Å². The molecule has 160 valence electrons. The molecule has 0 heterocycles. The molecule has 0 radical (unpaired) electrons. The maximum atomic E-state index is 13.9. The van der Waals surface area contributed by atoms with Crippen LogP contribution in [-0.4, -0.2) is 8.42 Å². The van der Waals surface area contributed by atoms with Gasteiger partial charge in [-0.1, -0.05) is 83.9 Å². The predicted octanol–water partition coefficient (Wildman–Crippen LogP) is 6.50. The van der Waals surface area contributed by atoms with E-state index in [0.717, 1.165) is 0 Å². The third-order valence-corrected chi connectivity index (χ3v) is 7.98. The molecule has 0 atom stereocenters. The Labute approximate surface area is 191 Å². The number of halogens is 2. The summed E-state index contributed by atoms with van der Waals surface area (Å²) in [7, 11) is -7.30. The first-order valence-electron chi connectivity index (χ1n) is 9.04. The lowest BCUT2D eigenvalue weighted by atomic mass is 10.2. The Morgan fingerprint density at radius 1 is 0.774 bits per heavy atom. The Morgan fingerprint density at radius 2 is 1.19 bits per heavy atom. The van der Waals surface area contributed by atoms with E-state index in [-0.39, 0.29) is 15.0 Å². The van der Waals surface area contributed by atoms with Crippen molar-refractivity contribution in [2.24, 2.45) is 5.14 Å². The average Bonchev–Trinajstić information content (AvgIpc) is 2.74. The number of nitrogens with two attached hydrogens (primary N) is 1. The molecule has 0 saturated carbocycles. The van der Waals surface area contributed by atoms with Crippen LogP contribution in [0.25, 0.3) is 10.1 Å². The van der Waals surface area contributed by atoms with Crippen LogP contribution >= 0.6 is 30.5 Å². The summed E-state index contributed by atoms with van der Waals surface area (Å²) >= 11 is 12.9. The van der Waals surface area contributed by atoms with Gasteiger partial charge in [-0.2, -0.15) is 0 Å². The van der Waals surface area contributed by atoms with Crippen molar-refractivity contribution in [2.75, 3.05) is 5.09 Å². The average molecular weight is 493 g/mol. The minimum Gasteiger partial charge on any atom is -0.330 e. The number of hydrogen-bond donors (Lipinski definition) is 2. The first kappa shape index (κ1) is 23.3. The van der Waals surface area contributed by atoms with E-state index in [1.165, 1.54) is 35.9 Å². The SMILES string of the molecule is NS(=O)(=O)c1ccc(NP(=O)(/C=C(/Cl)c2ccccc2)/C=C(/Cl)c2ccccc2)cc1. The van der Waals surface area contributed by atoms with Gasteiger partial charge in [-0.25, -0.2) is 13.6 Å². The monoisotopic (exact) mass is 492 g/mol. The smallest absolute Gasteiger partial charge is 0.238 e. The summed E-state index contributed by atoms with van der Waals surface area (Å²) in [5.74, 6) is 2.84. The molecule has 0 aliphatic heterocycles. The molecule has 3 N–H and O–H groups in total. The van der Waals surface area contributed by atoms with Gasteiger partial charge in [-0.15, -0.1) is 0 Å². The zero-order chi connectivity index (χ0) is 22.5. The second-order valence-electron chi connectivity index (χ2n) is 6.58. The maximum Gasteiger partial charge on any atom is 0.238 e. The summed E-state index contributed by atoms with van der Waals surface area (Å²) in [6.45, 7) is 0. The summed E-state index contributed by atoms with van der Waals surface area (Å²) in [5, 5.41) is 8.64. The van der Waals surface area contributed by atoms with Crippen molar-refractivity contribution >= 4 is 56.3 Å². The van der Waals surface area contributed by atoms with Crippen molar-refractivity contribution in [3.05, 3.63) is 108 Å². The van der Waals surface area contributed by atoms with Crippen LogP contribution in [0, 0.1) is 0 Å². The highest BCUT2D eigenvalue weighted by Crippen LogP contribution is 2.53. The molecular formula is C22H19Cl2N2O3PS. The van der Waals surface area contributed by atoms with Crippen LogP contribution in [0.5, 0.6) is 0 Å². The Morgan fingerprint density at radius 3 is 1.58 bits per heavy atom. The number of hydrogen-bond acceptors (Lipinski definition) is 3. The second-order valence-corrected chi connectivity index (χ2v) is 11.1. The van der Waals surface area contributed by atoms with Gasteiger partial charge in [0.1, 0.15) is 0 Å². The van der Waals surface area contributed by atoms with Gasteiger partial charge in [0.25, 0.3) is 0 Å². The third-order valence-electron chi connectivity index (χ3n) is 4.20. The summed E-state index contributed by atoms with van der Waals surface area (Å²) in [5.41, 5.74) is 1.80. The Balaban J connectivity index is 2.02. The fourth-order valence-corrected chi connectivity index (χ4v) is 6.07. The molecule has 3 aromatic rings. The van der Waals surface area contributed by atoms with Crippen molar-refractivity contribution in [3.8, 4) is 0 Å². The van der Waals surface area contributed by atoms with Crippen molar-refractivity contribution in [2.45, 2.75) is 4.90 Å². The number of sulfonamides is 1. The summed E-state index contributed by atoms with van der Waals surface area (Å²) in [4.78, 5) is -0.0522. The molecule has 0 spiro atoms. The fraction of sp³-hybridized carbons (Fsp3) is 0. The first-order chi connectivity index (χ1) is 14.7. The zero-order valence-electron chi connectivity index (χ0n) is 16.2. The van der Waals surface area contributed by atoms with E-state index in [9.17, 15) is 13.0 Å². The van der Waals surface area contributed by atoms with Crippen molar-refractivity contribution in [1.29, 1.82) is 0 Å². The molecule has 5 nitrogen and oxygen atoms in total. The minimum absolute atomic E-state index is 0.0522. The molecule has 0 bridgehead atoms. The van der Waals surface area contributed by atoms with E-state index in [4.69, 9.17) is 28.3 Å². The summed E-state index contributed by atoms with van der Waals surface area (Å²) in [6, 6.07) is 23.8. The van der Waals surface area contributed by atoms with Gasteiger partial charge in [0.15, 0.2) is 0 Å². The van der Waals surface area contributed by atoms with E-state index in [1.54, 1.807) is 24.3 Å². The third kappa shape index (κ3) is 6.57. The van der Waals surface area contributed by atoms with E-state index in [1.807, 2.05) is 36.4 Å². The lowest BCUT2D eigenvalue weighted by molar-refractivity contribution is 0.589. The van der Waals surface area contributed by atoms with Gasteiger partial charge in [0, 0.05) is 17.3 Å². The quantitative estimate of drug-likeness (QED) is 0.368.